The van der Waals surface area contributed by atoms with Crippen LogP contribution >= 0.6 is 11.6 Å². The van der Waals surface area contributed by atoms with E-state index in [0.29, 0.717) is 47.2 Å². The van der Waals surface area contributed by atoms with Crippen LogP contribution in [0.5, 0.6) is 5.75 Å². The van der Waals surface area contributed by atoms with Crippen LogP contribution in [0, 0.1) is 6.92 Å². The maximum Gasteiger partial charge on any atom is 0.257 e. The standard InChI is InChI=1S/C27H31ClN4O3/c1-4-8-25-29-23-16-31(15-19-9-6-5-7-10-19)12-11-20(23)27(34)32(25)17-26(33)30-22-13-18(2)21(28)14-24(22)35-3/h5-7,9-10,13-14H,4,8,11-12,15-17H2,1-3H3,(H,30,33). The minimum absolute atomic E-state index is 0.104. The Morgan fingerprint density at radius 1 is 1.23 bits per heavy atom. The molecule has 0 saturated carbocycles. The van der Waals surface area contributed by atoms with E-state index in [-0.39, 0.29) is 18.0 Å². The van der Waals surface area contributed by atoms with Crippen molar-refractivity contribution in [1.82, 2.24) is 14.5 Å². The first-order chi connectivity index (χ1) is 16.9. The molecule has 0 fully saturated rings. The van der Waals surface area contributed by atoms with E-state index in [9.17, 15) is 9.59 Å². The van der Waals surface area contributed by atoms with Crippen LogP contribution in [-0.4, -0.2) is 34.0 Å². The Balaban J connectivity index is 1.57. The van der Waals surface area contributed by atoms with Gasteiger partial charge in [0.25, 0.3) is 5.56 Å². The van der Waals surface area contributed by atoms with Gasteiger partial charge in [0.15, 0.2) is 0 Å². The number of hydrogen-bond acceptors (Lipinski definition) is 5. The third-order valence-corrected chi connectivity index (χ3v) is 6.67. The summed E-state index contributed by atoms with van der Waals surface area (Å²) in [5, 5.41) is 3.43. The molecular formula is C27H31ClN4O3. The third kappa shape index (κ3) is 5.74. The number of rotatable bonds is 8. The number of halogens is 1. The second-order valence-corrected chi connectivity index (χ2v) is 9.30. The summed E-state index contributed by atoms with van der Waals surface area (Å²) < 4.78 is 6.89. The molecule has 0 aliphatic carbocycles. The highest BCUT2D eigenvalue weighted by molar-refractivity contribution is 6.31. The summed E-state index contributed by atoms with van der Waals surface area (Å²) in [4.78, 5) is 33.6. The summed E-state index contributed by atoms with van der Waals surface area (Å²) in [6.45, 7) is 6.02. The fourth-order valence-corrected chi connectivity index (χ4v) is 4.60. The Hall–Kier alpha value is -3.16. The Bertz CT molecular complexity index is 1270. The summed E-state index contributed by atoms with van der Waals surface area (Å²) in [5.74, 6) is 0.803. The molecule has 1 aliphatic heterocycles. The molecule has 4 rings (SSSR count). The minimum Gasteiger partial charge on any atom is -0.495 e. The van der Waals surface area contributed by atoms with Crippen LogP contribution in [0.1, 0.15) is 41.6 Å². The first-order valence-corrected chi connectivity index (χ1v) is 12.3. The molecule has 0 saturated heterocycles. The fourth-order valence-electron chi connectivity index (χ4n) is 4.45. The summed E-state index contributed by atoms with van der Waals surface area (Å²) in [6, 6.07) is 13.7. The third-order valence-electron chi connectivity index (χ3n) is 6.26. The molecule has 1 amide bonds. The van der Waals surface area contributed by atoms with E-state index in [1.807, 2.05) is 32.0 Å². The molecule has 0 spiro atoms. The van der Waals surface area contributed by atoms with Crippen molar-refractivity contribution in [1.29, 1.82) is 0 Å². The van der Waals surface area contributed by atoms with Gasteiger partial charge in [-0.15, -0.1) is 0 Å². The van der Waals surface area contributed by atoms with E-state index in [1.54, 1.807) is 12.1 Å². The van der Waals surface area contributed by atoms with Gasteiger partial charge in [-0.25, -0.2) is 4.98 Å². The van der Waals surface area contributed by atoms with Crippen LogP contribution in [0.3, 0.4) is 0 Å². The van der Waals surface area contributed by atoms with E-state index in [0.717, 1.165) is 30.8 Å². The quantitative estimate of drug-likeness (QED) is 0.503. The van der Waals surface area contributed by atoms with Crippen molar-refractivity contribution in [3.8, 4) is 5.75 Å². The van der Waals surface area contributed by atoms with Crippen LogP contribution < -0.4 is 15.6 Å². The van der Waals surface area contributed by atoms with Crippen molar-refractivity contribution >= 4 is 23.2 Å². The summed E-state index contributed by atoms with van der Waals surface area (Å²) in [6.07, 6.45) is 2.06. The van der Waals surface area contributed by atoms with E-state index in [4.69, 9.17) is 21.3 Å². The Kier molecular flexibility index (Phi) is 7.88. The molecule has 184 valence electrons. The van der Waals surface area contributed by atoms with Crippen LogP contribution in [0.2, 0.25) is 5.02 Å². The van der Waals surface area contributed by atoms with Crippen LogP contribution in [0.25, 0.3) is 0 Å². The maximum absolute atomic E-state index is 13.5. The fraction of sp³-hybridized carbons (Fsp3) is 0.370. The normalized spacial score (nSPS) is 13.4. The average molecular weight is 495 g/mol. The SMILES string of the molecule is CCCc1nc2c(c(=O)n1CC(=O)Nc1cc(C)c(Cl)cc1OC)CCN(Cc1ccccc1)C2. The lowest BCUT2D eigenvalue weighted by atomic mass is 10.0. The number of methoxy groups -OCH3 is 1. The molecule has 0 unspecified atom stereocenters. The number of nitrogens with one attached hydrogen (secondary N) is 1. The molecule has 1 aromatic heterocycles. The van der Waals surface area contributed by atoms with Crippen molar-refractivity contribution in [3.05, 3.63) is 86.0 Å². The van der Waals surface area contributed by atoms with E-state index < -0.39 is 0 Å². The zero-order valence-electron chi connectivity index (χ0n) is 20.4. The molecule has 0 bridgehead atoms. The average Bonchev–Trinajstić information content (AvgIpc) is 2.84. The number of aromatic nitrogens is 2. The molecular weight excluding hydrogens is 464 g/mol. The van der Waals surface area contributed by atoms with Gasteiger partial charge in [-0.3, -0.25) is 19.1 Å². The number of anilines is 1. The van der Waals surface area contributed by atoms with Crippen LogP contribution in [0.4, 0.5) is 5.69 Å². The Morgan fingerprint density at radius 3 is 2.71 bits per heavy atom. The molecule has 2 aromatic carbocycles. The highest BCUT2D eigenvalue weighted by atomic mass is 35.5. The largest absolute Gasteiger partial charge is 0.495 e. The first kappa shape index (κ1) is 24.9. The van der Waals surface area contributed by atoms with Gasteiger partial charge in [0.05, 0.1) is 18.5 Å². The zero-order chi connectivity index (χ0) is 24.9. The molecule has 0 radical (unpaired) electrons. The summed E-state index contributed by atoms with van der Waals surface area (Å²) in [7, 11) is 1.52. The molecule has 8 heteroatoms. The van der Waals surface area contributed by atoms with Gasteiger partial charge < -0.3 is 10.1 Å². The number of hydrogen-bond donors (Lipinski definition) is 1. The number of nitrogens with zero attached hydrogens (tertiary/aromatic N) is 3. The van der Waals surface area contributed by atoms with Crippen molar-refractivity contribution in [2.75, 3.05) is 19.0 Å². The molecule has 2 heterocycles. The van der Waals surface area contributed by atoms with E-state index in [1.165, 1.54) is 17.2 Å². The minimum atomic E-state index is -0.312. The number of ether oxygens (including phenoxy) is 1. The van der Waals surface area contributed by atoms with E-state index >= 15 is 0 Å². The number of aryl methyl sites for hydroxylation is 2. The van der Waals surface area contributed by atoms with Gasteiger partial charge in [-0.2, -0.15) is 0 Å². The Morgan fingerprint density at radius 2 is 2.00 bits per heavy atom. The predicted molar refractivity (Wildman–Crippen MR) is 138 cm³/mol. The number of amides is 1. The molecule has 3 aromatic rings. The van der Waals surface area contributed by atoms with Crippen molar-refractivity contribution in [2.45, 2.75) is 52.7 Å². The maximum atomic E-state index is 13.5. The number of carbonyl (C=O) groups is 1. The molecule has 0 atom stereocenters. The highest BCUT2D eigenvalue weighted by Gasteiger charge is 2.24. The lowest BCUT2D eigenvalue weighted by molar-refractivity contribution is -0.116. The molecule has 1 aliphatic rings. The summed E-state index contributed by atoms with van der Waals surface area (Å²) >= 11 is 6.18. The molecule has 35 heavy (non-hydrogen) atoms. The lowest BCUT2D eigenvalue weighted by Gasteiger charge is -2.29. The second kappa shape index (κ2) is 11.1. The smallest absolute Gasteiger partial charge is 0.257 e. The van der Waals surface area contributed by atoms with Crippen molar-refractivity contribution in [2.24, 2.45) is 0 Å². The zero-order valence-corrected chi connectivity index (χ0v) is 21.2. The Labute approximate surface area is 210 Å². The van der Waals surface area contributed by atoms with Gasteiger partial charge in [0, 0.05) is 42.7 Å². The van der Waals surface area contributed by atoms with E-state index in [2.05, 4.69) is 22.3 Å². The highest BCUT2D eigenvalue weighted by Crippen LogP contribution is 2.31. The lowest BCUT2D eigenvalue weighted by Crippen LogP contribution is -2.40. The molecule has 7 nitrogen and oxygen atoms in total. The monoisotopic (exact) mass is 494 g/mol. The summed E-state index contributed by atoms with van der Waals surface area (Å²) in [5.41, 5.74) is 4.00. The number of benzene rings is 2. The van der Waals surface area contributed by atoms with Crippen molar-refractivity contribution in [3.63, 3.8) is 0 Å². The van der Waals surface area contributed by atoms with Gasteiger partial charge in [0.1, 0.15) is 18.1 Å². The van der Waals surface area contributed by atoms with Gasteiger partial charge in [-0.05, 0) is 37.0 Å². The topological polar surface area (TPSA) is 76.5 Å². The van der Waals surface area contributed by atoms with Gasteiger partial charge >= 0.3 is 0 Å². The van der Waals surface area contributed by atoms with Crippen LogP contribution in [0.15, 0.2) is 47.3 Å². The predicted octanol–water partition coefficient (Wildman–Crippen LogP) is 4.36. The van der Waals surface area contributed by atoms with Gasteiger partial charge in [0.2, 0.25) is 5.91 Å². The number of fused-ring (bicyclic) bond motifs is 1. The van der Waals surface area contributed by atoms with Crippen LogP contribution in [-0.2, 0) is 37.3 Å². The van der Waals surface area contributed by atoms with Crippen molar-refractivity contribution < 1.29 is 9.53 Å². The number of carbonyl (C=O) groups excluding carboxylic acids is 1. The molecule has 1 N–H and O–H groups in total. The first-order valence-electron chi connectivity index (χ1n) is 11.9. The second-order valence-electron chi connectivity index (χ2n) is 8.89. The van der Waals surface area contributed by atoms with Gasteiger partial charge in [-0.1, -0.05) is 48.9 Å².